The van der Waals surface area contributed by atoms with E-state index < -0.39 is 0 Å². The molecule has 1 saturated heterocycles. The van der Waals surface area contributed by atoms with Gasteiger partial charge in [-0.05, 0) is 38.0 Å². The zero-order valence-electron chi connectivity index (χ0n) is 12.7. The fourth-order valence-corrected chi connectivity index (χ4v) is 3.57. The predicted molar refractivity (Wildman–Crippen MR) is 80.7 cm³/mol. The highest BCUT2D eigenvalue weighted by atomic mass is 15.4. The molecule has 0 aromatic carbocycles. The van der Waals surface area contributed by atoms with Gasteiger partial charge >= 0.3 is 0 Å². The van der Waals surface area contributed by atoms with Crippen molar-refractivity contribution in [2.75, 3.05) is 6.54 Å². The summed E-state index contributed by atoms with van der Waals surface area (Å²) in [4.78, 5) is 7.29. The van der Waals surface area contributed by atoms with Gasteiger partial charge in [0.2, 0.25) is 5.96 Å². The van der Waals surface area contributed by atoms with E-state index in [-0.39, 0.29) is 0 Å². The van der Waals surface area contributed by atoms with Gasteiger partial charge in [-0.2, -0.15) is 0 Å². The highest BCUT2D eigenvalue weighted by Gasteiger charge is 2.31. The lowest BCUT2D eigenvalue weighted by molar-refractivity contribution is 0.142. The van der Waals surface area contributed by atoms with Crippen molar-refractivity contribution >= 4 is 5.96 Å². The number of hydrogen-bond donors (Lipinski definition) is 2. The first-order valence-corrected chi connectivity index (χ1v) is 7.93. The van der Waals surface area contributed by atoms with Gasteiger partial charge in [0.05, 0.1) is 6.04 Å². The molecule has 1 heterocycles. The van der Waals surface area contributed by atoms with Gasteiger partial charge in [0.1, 0.15) is 0 Å². The van der Waals surface area contributed by atoms with E-state index in [2.05, 4.69) is 31.1 Å². The Labute approximate surface area is 117 Å². The molecule has 3 N–H and O–H groups in total. The Morgan fingerprint density at radius 3 is 2.47 bits per heavy atom. The second kappa shape index (κ2) is 6.60. The largest absolute Gasteiger partial charge is 0.339 e. The van der Waals surface area contributed by atoms with Crippen molar-refractivity contribution in [2.45, 2.75) is 71.4 Å². The quantitative estimate of drug-likeness (QED) is 0.332. The Morgan fingerprint density at radius 1 is 1.16 bits per heavy atom. The molecule has 1 saturated carbocycles. The Bertz CT molecular complexity index is 309. The summed E-state index contributed by atoms with van der Waals surface area (Å²) in [5, 5.41) is 0. The molecule has 2 rings (SSSR count). The molecular formula is C15H30N4. The number of hydrogen-bond acceptors (Lipinski definition) is 2. The van der Waals surface area contributed by atoms with E-state index in [1.54, 1.807) is 0 Å². The van der Waals surface area contributed by atoms with Gasteiger partial charge in [0.25, 0.3) is 0 Å². The molecule has 3 unspecified atom stereocenters. The highest BCUT2D eigenvalue weighted by molar-refractivity contribution is 5.80. The Kier molecular flexibility index (Phi) is 5.08. The summed E-state index contributed by atoms with van der Waals surface area (Å²) in [6.45, 7) is 8.03. The predicted octanol–water partition coefficient (Wildman–Crippen LogP) is 2.50. The molecule has 1 aliphatic heterocycles. The SMILES string of the molecule is CC1CC(C)C(C)N(C(=NC2CCCCC2)NN)C1. The third-order valence-corrected chi connectivity index (χ3v) is 4.88. The lowest BCUT2D eigenvalue weighted by Crippen LogP contribution is -2.55. The van der Waals surface area contributed by atoms with Crippen LogP contribution in [0.15, 0.2) is 4.99 Å². The maximum absolute atomic E-state index is 5.75. The molecule has 1 aliphatic carbocycles. The van der Waals surface area contributed by atoms with Crippen molar-refractivity contribution in [3.8, 4) is 0 Å². The lowest BCUT2D eigenvalue weighted by Gasteiger charge is -2.42. The molecule has 19 heavy (non-hydrogen) atoms. The molecule has 0 aromatic rings. The molecule has 3 atom stereocenters. The van der Waals surface area contributed by atoms with Crippen molar-refractivity contribution in [3.63, 3.8) is 0 Å². The van der Waals surface area contributed by atoms with Crippen LogP contribution < -0.4 is 11.3 Å². The van der Waals surface area contributed by atoms with Gasteiger partial charge in [-0.1, -0.05) is 33.1 Å². The number of hydrazine groups is 1. The topological polar surface area (TPSA) is 53.6 Å². The number of aliphatic imine (C=N–C) groups is 1. The van der Waals surface area contributed by atoms with Gasteiger partial charge in [-0.3, -0.25) is 5.43 Å². The van der Waals surface area contributed by atoms with Gasteiger partial charge in [-0.25, -0.2) is 10.8 Å². The zero-order valence-corrected chi connectivity index (χ0v) is 12.7. The van der Waals surface area contributed by atoms with Crippen LogP contribution in [0.25, 0.3) is 0 Å². The maximum atomic E-state index is 5.75. The van der Waals surface area contributed by atoms with Crippen LogP contribution >= 0.6 is 0 Å². The van der Waals surface area contributed by atoms with E-state index in [0.717, 1.165) is 18.4 Å². The maximum Gasteiger partial charge on any atom is 0.208 e. The molecule has 0 spiro atoms. The minimum atomic E-state index is 0.472. The zero-order chi connectivity index (χ0) is 13.8. The van der Waals surface area contributed by atoms with Crippen molar-refractivity contribution in [1.82, 2.24) is 10.3 Å². The number of rotatable bonds is 1. The van der Waals surface area contributed by atoms with E-state index in [9.17, 15) is 0 Å². The summed E-state index contributed by atoms with van der Waals surface area (Å²) in [5.74, 6) is 8.09. The van der Waals surface area contributed by atoms with E-state index in [4.69, 9.17) is 10.8 Å². The third-order valence-electron chi connectivity index (χ3n) is 4.88. The van der Waals surface area contributed by atoms with Crippen molar-refractivity contribution in [2.24, 2.45) is 22.7 Å². The summed E-state index contributed by atoms with van der Waals surface area (Å²) in [5.41, 5.74) is 2.87. The summed E-state index contributed by atoms with van der Waals surface area (Å²) >= 11 is 0. The highest BCUT2D eigenvalue weighted by Crippen LogP contribution is 2.27. The number of likely N-dealkylation sites (tertiary alicyclic amines) is 1. The average Bonchev–Trinajstić information content (AvgIpc) is 2.41. The number of piperidine rings is 1. The monoisotopic (exact) mass is 266 g/mol. The Morgan fingerprint density at radius 2 is 1.84 bits per heavy atom. The Balaban J connectivity index is 2.08. The number of guanidine groups is 1. The van der Waals surface area contributed by atoms with E-state index >= 15 is 0 Å². The molecule has 2 aliphatic rings. The number of nitrogens with one attached hydrogen (secondary N) is 1. The molecule has 0 bridgehead atoms. The second-order valence-corrected chi connectivity index (χ2v) is 6.60. The summed E-state index contributed by atoms with van der Waals surface area (Å²) in [6, 6.07) is 0.995. The van der Waals surface area contributed by atoms with Crippen LogP contribution in [-0.4, -0.2) is 29.5 Å². The molecular weight excluding hydrogens is 236 g/mol. The molecule has 4 nitrogen and oxygen atoms in total. The van der Waals surface area contributed by atoms with Crippen LogP contribution in [0.4, 0.5) is 0 Å². The normalized spacial score (nSPS) is 34.4. The van der Waals surface area contributed by atoms with Crippen molar-refractivity contribution in [3.05, 3.63) is 0 Å². The van der Waals surface area contributed by atoms with Gasteiger partial charge in [-0.15, -0.1) is 0 Å². The Hall–Kier alpha value is -0.770. The molecule has 0 aromatic heterocycles. The fraction of sp³-hybridized carbons (Fsp3) is 0.933. The minimum Gasteiger partial charge on any atom is -0.339 e. The van der Waals surface area contributed by atoms with E-state index in [0.29, 0.717) is 18.0 Å². The molecule has 0 radical (unpaired) electrons. The molecule has 2 fully saturated rings. The van der Waals surface area contributed by atoms with Crippen molar-refractivity contribution < 1.29 is 0 Å². The lowest BCUT2D eigenvalue weighted by atomic mass is 9.86. The first kappa shape index (κ1) is 14.6. The first-order chi connectivity index (χ1) is 9.11. The standard InChI is InChI=1S/C15H30N4/c1-11-9-12(2)13(3)19(10-11)15(18-16)17-14-7-5-4-6-8-14/h11-14H,4-10,16H2,1-3H3,(H,17,18). The van der Waals surface area contributed by atoms with Gasteiger partial charge < -0.3 is 4.90 Å². The summed E-state index contributed by atoms with van der Waals surface area (Å²) in [7, 11) is 0. The van der Waals surface area contributed by atoms with E-state index in [1.165, 1.54) is 38.5 Å². The first-order valence-electron chi connectivity index (χ1n) is 7.93. The smallest absolute Gasteiger partial charge is 0.208 e. The minimum absolute atomic E-state index is 0.472. The van der Waals surface area contributed by atoms with Crippen molar-refractivity contribution in [1.29, 1.82) is 0 Å². The number of nitrogens with two attached hydrogens (primary N) is 1. The van der Waals surface area contributed by atoms with Crippen LogP contribution in [0.5, 0.6) is 0 Å². The van der Waals surface area contributed by atoms with Crippen LogP contribution in [0, 0.1) is 11.8 Å². The van der Waals surface area contributed by atoms with Gasteiger partial charge in [0.15, 0.2) is 0 Å². The van der Waals surface area contributed by atoms with Gasteiger partial charge in [0, 0.05) is 12.6 Å². The van der Waals surface area contributed by atoms with Crippen LogP contribution in [0.2, 0.25) is 0 Å². The second-order valence-electron chi connectivity index (χ2n) is 6.60. The van der Waals surface area contributed by atoms with E-state index in [1.807, 2.05) is 0 Å². The molecule has 0 amide bonds. The van der Waals surface area contributed by atoms with Crippen LogP contribution in [-0.2, 0) is 0 Å². The van der Waals surface area contributed by atoms with Crippen LogP contribution in [0.1, 0.15) is 59.3 Å². The number of nitrogens with zero attached hydrogens (tertiary/aromatic N) is 2. The summed E-state index contributed by atoms with van der Waals surface area (Å²) in [6.07, 6.45) is 7.74. The summed E-state index contributed by atoms with van der Waals surface area (Å²) < 4.78 is 0. The van der Waals surface area contributed by atoms with Crippen LogP contribution in [0.3, 0.4) is 0 Å². The molecule has 4 heteroatoms. The third kappa shape index (κ3) is 3.62. The average molecular weight is 266 g/mol. The molecule has 110 valence electrons. The fourth-order valence-electron chi connectivity index (χ4n) is 3.57.